The van der Waals surface area contributed by atoms with Crippen LogP contribution in [0.2, 0.25) is 0 Å². The maximum atomic E-state index is 13.2. The molecule has 2 N–H and O–H groups in total. The van der Waals surface area contributed by atoms with E-state index in [0.717, 1.165) is 0 Å². The largest absolute Gasteiger partial charge is 0.493 e. The number of benzene rings is 2. The number of para-hydroxylation sites is 1. The molecule has 0 spiro atoms. The molecule has 0 saturated heterocycles. The SMILES string of the molecule is CCOc1ccccc1C(=O)NCCCC(=O)N(C)CC(=O)Nc1cccc(F)c1. The van der Waals surface area contributed by atoms with Gasteiger partial charge >= 0.3 is 0 Å². The standard InChI is InChI=1S/C22H26FN3O4/c1-3-30-19-11-5-4-10-18(19)22(29)24-13-7-12-21(28)26(2)15-20(27)25-17-9-6-8-16(23)14-17/h4-6,8-11,14H,3,7,12-13,15H2,1-2H3,(H,24,29)(H,25,27). The van der Waals surface area contributed by atoms with Crippen molar-refractivity contribution in [1.82, 2.24) is 10.2 Å². The first-order valence-electron chi connectivity index (χ1n) is 9.70. The highest BCUT2D eigenvalue weighted by Crippen LogP contribution is 2.17. The number of likely N-dealkylation sites (N-methyl/N-ethyl adjacent to an activating group) is 1. The Kier molecular flexibility index (Phi) is 8.80. The summed E-state index contributed by atoms with van der Waals surface area (Å²) >= 11 is 0. The van der Waals surface area contributed by atoms with Crippen LogP contribution in [0, 0.1) is 5.82 Å². The first-order chi connectivity index (χ1) is 14.4. The van der Waals surface area contributed by atoms with Gasteiger partial charge in [-0.15, -0.1) is 0 Å². The van der Waals surface area contributed by atoms with Crippen LogP contribution in [0.15, 0.2) is 48.5 Å². The van der Waals surface area contributed by atoms with Crippen LogP contribution < -0.4 is 15.4 Å². The Labute approximate surface area is 175 Å². The van der Waals surface area contributed by atoms with Crippen molar-refractivity contribution >= 4 is 23.4 Å². The molecule has 8 heteroatoms. The van der Waals surface area contributed by atoms with Crippen LogP contribution in [-0.2, 0) is 9.59 Å². The maximum absolute atomic E-state index is 13.2. The van der Waals surface area contributed by atoms with E-state index >= 15 is 0 Å². The van der Waals surface area contributed by atoms with Gasteiger partial charge in [0.2, 0.25) is 11.8 Å². The Hall–Kier alpha value is -3.42. The van der Waals surface area contributed by atoms with Crippen molar-refractivity contribution in [2.24, 2.45) is 0 Å². The summed E-state index contributed by atoms with van der Waals surface area (Å²) < 4.78 is 18.6. The summed E-state index contributed by atoms with van der Waals surface area (Å²) in [7, 11) is 1.52. The van der Waals surface area contributed by atoms with Crippen molar-refractivity contribution in [1.29, 1.82) is 0 Å². The first-order valence-corrected chi connectivity index (χ1v) is 9.70. The fraction of sp³-hybridized carbons (Fsp3) is 0.318. The van der Waals surface area contributed by atoms with Gasteiger partial charge in [0, 0.05) is 25.7 Å². The molecule has 0 aliphatic heterocycles. The molecule has 2 rings (SSSR count). The molecule has 0 atom stereocenters. The molecular weight excluding hydrogens is 389 g/mol. The number of nitrogens with one attached hydrogen (secondary N) is 2. The lowest BCUT2D eigenvalue weighted by atomic mass is 10.2. The lowest BCUT2D eigenvalue weighted by Gasteiger charge is -2.17. The van der Waals surface area contributed by atoms with Gasteiger partial charge in [0.1, 0.15) is 11.6 Å². The van der Waals surface area contributed by atoms with E-state index in [9.17, 15) is 18.8 Å². The fourth-order valence-electron chi connectivity index (χ4n) is 2.73. The molecule has 0 aromatic heterocycles. The quantitative estimate of drug-likeness (QED) is 0.584. The van der Waals surface area contributed by atoms with E-state index in [-0.39, 0.29) is 24.8 Å². The predicted molar refractivity (Wildman–Crippen MR) is 112 cm³/mol. The van der Waals surface area contributed by atoms with Gasteiger partial charge in [-0.3, -0.25) is 14.4 Å². The van der Waals surface area contributed by atoms with Crippen molar-refractivity contribution in [3.8, 4) is 5.75 Å². The summed E-state index contributed by atoms with van der Waals surface area (Å²) in [6, 6.07) is 12.5. The predicted octanol–water partition coefficient (Wildman–Crippen LogP) is 2.83. The van der Waals surface area contributed by atoms with Gasteiger partial charge in [0.05, 0.1) is 18.7 Å². The summed E-state index contributed by atoms with van der Waals surface area (Å²) in [5.74, 6) is -0.860. The summed E-state index contributed by atoms with van der Waals surface area (Å²) in [5.41, 5.74) is 0.771. The molecule has 0 aliphatic rings. The highest BCUT2D eigenvalue weighted by atomic mass is 19.1. The lowest BCUT2D eigenvalue weighted by molar-refractivity contribution is -0.133. The van der Waals surface area contributed by atoms with Crippen molar-refractivity contribution in [2.75, 3.05) is 32.1 Å². The highest BCUT2D eigenvalue weighted by Gasteiger charge is 2.14. The third kappa shape index (κ3) is 7.20. The monoisotopic (exact) mass is 415 g/mol. The molecule has 0 aliphatic carbocycles. The van der Waals surface area contributed by atoms with Crippen LogP contribution in [0.3, 0.4) is 0 Å². The molecule has 0 bridgehead atoms. The Morgan fingerprint density at radius 1 is 1.10 bits per heavy atom. The summed E-state index contributed by atoms with van der Waals surface area (Å²) in [6.07, 6.45) is 0.606. The zero-order valence-corrected chi connectivity index (χ0v) is 17.1. The van der Waals surface area contributed by atoms with Crippen LogP contribution in [0.1, 0.15) is 30.1 Å². The number of hydrogen-bond donors (Lipinski definition) is 2. The minimum absolute atomic E-state index is 0.149. The molecule has 160 valence electrons. The molecule has 0 saturated carbocycles. The zero-order chi connectivity index (χ0) is 21.9. The summed E-state index contributed by atoms with van der Waals surface area (Å²) in [6.45, 7) is 2.46. The van der Waals surface area contributed by atoms with Gasteiger partial charge in [-0.05, 0) is 43.7 Å². The molecule has 2 aromatic rings. The van der Waals surface area contributed by atoms with Crippen molar-refractivity contribution in [3.63, 3.8) is 0 Å². The van der Waals surface area contributed by atoms with Gasteiger partial charge in [0.15, 0.2) is 0 Å². The fourth-order valence-corrected chi connectivity index (χ4v) is 2.73. The average molecular weight is 415 g/mol. The average Bonchev–Trinajstić information content (AvgIpc) is 2.71. The maximum Gasteiger partial charge on any atom is 0.255 e. The number of nitrogens with zero attached hydrogens (tertiary/aromatic N) is 1. The third-order valence-electron chi connectivity index (χ3n) is 4.20. The van der Waals surface area contributed by atoms with Crippen molar-refractivity contribution in [3.05, 3.63) is 59.9 Å². The number of carbonyl (C=O) groups excluding carboxylic acids is 3. The highest BCUT2D eigenvalue weighted by molar-refractivity contribution is 5.97. The normalized spacial score (nSPS) is 10.2. The molecule has 7 nitrogen and oxygen atoms in total. The van der Waals surface area contributed by atoms with Crippen molar-refractivity contribution < 1.29 is 23.5 Å². The van der Waals surface area contributed by atoms with Gasteiger partial charge in [-0.2, -0.15) is 0 Å². The topological polar surface area (TPSA) is 87.7 Å². The van der Waals surface area contributed by atoms with Gasteiger partial charge < -0.3 is 20.3 Å². The lowest BCUT2D eigenvalue weighted by Crippen LogP contribution is -2.35. The van der Waals surface area contributed by atoms with E-state index in [4.69, 9.17) is 4.74 Å². The van der Waals surface area contributed by atoms with E-state index in [1.165, 1.54) is 30.1 Å². The number of carbonyl (C=O) groups is 3. The van der Waals surface area contributed by atoms with E-state index in [1.807, 2.05) is 6.92 Å². The molecule has 3 amide bonds. The number of amides is 3. The second kappa shape index (κ2) is 11.5. The van der Waals surface area contributed by atoms with E-state index < -0.39 is 11.7 Å². The van der Waals surface area contributed by atoms with Crippen molar-refractivity contribution in [2.45, 2.75) is 19.8 Å². The molecule has 0 radical (unpaired) electrons. The minimum Gasteiger partial charge on any atom is -0.493 e. The van der Waals surface area contributed by atoms with Crippen LogP contribution in [-0.4, -0.2) is 49.4 Å². The minimum atomic E-state index is -0.455. The number of halogens is 1. The molecule has 2 aromatic carbocycles. The molecule has 0 heterocycles. The molecular formula is C22H26FN3O4. The number of hydrogen-bond acceptors (Lipinski definition) is 4. The number of ether oxygens (including phenoxy) is 1. The Morgan fingerprint density at radius 2 is 1.87 bits per heavy atom. The molecule has 30 heavy (non-hydrogen) atoms. The second-order valence-corrected chi connectivity index (χ2v) is 6.60. The van der Waals surface area contributed by atoms with Gasteiger partial charge in [0.25, 0.3) is 5.91 Å². The van der Waals surface area contributed by atoms with Crippen LogP contribution in [0.4, 0.5) is 10.1 Å². The molecule has 0 fully saturated rings. The Balaban J connectivity index is 1.72. The Bertz CT molecular complexity index is 888. The molecule has 0 unspecified atom stereocenters. The zero-order valence-electron chi connectivity index (χ0n) is 17.1. The van der Waals surface area contributed by atoms with E-state index in [0.29, 0.717) is 36.6 Å². The van der Waals surface area contributed by atoms with Crippen LogP contribution in [0.5, 0.6) is 5.75 Å². The Morgan fingerprint density at radius 3 is 2.60 bits per heavy atom. The smallest absolute Gasteiger partial charge is 0.255 e. The summed E-state index contributed by atoms with van der Waals surface area (Å²) in [5, 5.41) is 5.31. The van der Waals surface area contributed by atoms with Crippen LogP contribution in [0.25, 0.3) is 0 Å². The van der Waals surface area contributed by atoms with Crippen LogP contribution >= 0.6 is 0 Å². The van der Waals surface area contributed by atoms with Gasteiger partial charge in [-0.1, -0.05) is 18.2 Å². The van der Waals surface area contributed by atoms with E-state index in [2.05, 4.69) is 10.6 Å². The number of rotatable bonds is 10. The second-order valence-electron chi connectivity index (χ2n) is 6.60. The van der Waals surface area contributed by atoms with E-state index in [1.54, 1.807) is 30.3 Å². The first kappa shape index (κ1) is 22.9. The third-order valence-corrected chi connectivity index (χ3v) is 4.20. The van der Waals surface area contributed by atoms with Gasteiger partial charge in [-0.25, -0.2) is 4.39 Å². The number of anilines is 1. The summed E-state index contributed by atoms with van der Waals surface area (Å²) in [4.78, 5) is 37.8.